The molecule has 94 valence electrons. The van der Waals surface area contributed by atoms with Gasteiger partial charge in [-0.05, 0) is 58.7 Å². The average molecular weight is 326 g/mol. The molecule has 0 aliphatic rings. The largest absolute Gasteiger partial charge is 0.508 e. The molecule has 0 aliphatic carbocycles. The third kappa shape index (κ3) is 3.34. The van der Waals surface area contributed by atoms with Crippen LogP contribution in [0.4, 0.5) is 5.69 Å². The smallest absolute Gasteiger partial charge is 0.229 e. The molecule has 2 rings (SSSR count). The summed E-state index contributed by atoms with van der Waals surface area (Å²) >= 11 is 4.92. The van der Waals surface area contributed by atoms with Crippen LogP contribution in [-0.4, -0.2) is 11.0 Å². The summed E-state index contributed by atoms with van der Waals surface area (Å²) in [6.45, 7) is 1.84. The van der Waals surface area contributed by atoms with Crippen LogP contribution in [0.15, 0.2) is 34.1 Å². The molecule has 3 nitrogen and oxygen atoms in total. The molecule has 2 N–H and O–H groups in total. The number of aryl methyl sites for hydroxylation is 1. The lowest BCUT2D eigenvalue weighted by molar-refractivity contribution is -0.115. The number of hydrogen-bond acceptors (Lipinski definition) is 3. The van der Waals surface area contributed by atoms with Gasteiger partial charge in [-0.2, -0.15) is 0 Å². The molecule has 0 bridgehead atoms. The van der Waals surface area contributed by atoms with Crippen molar-refractivity contribution in [2.45, 2.75) is 13.3 Å². The van der Waals surface area contributed by atoms with Crippen LogP contribution >= 0.6 is 27.3 Å². The second kappa shape index (κ2) is 5.54. The van der Waals surface area contributed by atoms with Crippen molar-refractivity contribution in [3.05, 3.63) is 44.6 Å². The lowest BCUT2D eigenvalue weighted by Gasteiger charge is -2.08. The Bertz CT molecular complexity index is 580. The highest BCUT2D eigenvalue weighted by molar-refractivity contribution is 9.11. The lowest BCUT2D eigenvalue weighted by atomic mass is 10.2. The number of benzene rings is 1. The van der Waals surface area contributed by atoms with E-state index in [9.17, 15) is 9.90 Å². The zero-order valence-corrected chi connectivity index (χ0v) is 12.1. The van der Waals surface area contributed by atoms with Gasteiger partial charge in [0.05, 0.1) is 10.2 Å². The first-order valence-electron chi connectivity index (χ1n) is 5.38. The van der Waals surface area contributed by atoms with Crippen molar-refractivity contribution in [1.29, 1.82) is 0 Å². The lowest BCUT2D eigenvalue weighted by Crippen LogP contribution is -2.14. The van der Waals surface area contributed by atoms with E-state index in [-0.39, 0.29) is 11.7 Å². The van der Waals surface area contributed by atoms with Gasteiger partial charge in [-0.25, -0.2) is 0 Å². The minimum atomic E-state index is -0.0573. The summed E-state index contributed by atoms with van der Waals surface area (Å²) in [5.41, 5.74) is 1.57. The third-order valence-corrected chi connectivity index (χ3v) is 4.07. The number of carbonyl (C=O) groups excluding carboxylic acids is 1. The first-order valence-corrected chi connectivity index (χ1v) is 6.99. The topological polar surface area (TPSA) is 49.3 Å². The van der Waals surface area contributed by atoms with Crippen LogP contribution < -0.4 is 5.32 Å². The first kappa shape index (κ1) is 13.1. The van der Waals surface area contributed by atoms with E-state index in [1.165, 1.54) is 0 Å². The quantitative estimate of drug-likeness (QED) is 0.845. The van der Waals surface area contributed by atoms with Gasteiger partial charge in [-0.1, -0.05) is 0 Å². The van der Waals surface area contributed by atoms with Gasteiger partial charge in [0.25, 0.3) is 0 Å². The number of carbonyl (C=O) groups is 1. The van der Waals surface area contributed by atoms with Crippen molar-refractivity contribution in [1.82, 2.24) is 0 Å². The molecule has 0 saturated heterocycles. The molecule has 1 amide bonds. The second-order valence-electron chi connectivity index (χ2n) is 3.93. The minimum Gasteiger partial charge on any atom is -0.508 e. The summed E-state index contributed by atoms with van der Waals surface area (Å²) in [4.78, 5) is 12.9. The van der Waals surface area contributed by atoms with Crippen LogP contribution in [0.1, 0.15) is 10.4 Å². The number of aromatic hydroxyl groups is 1. The van der Waals surface area contributed by atoms with Crippen molar-refractivity contribution in [3.63, 3.8) is 0 Å². The molecular weight excluding hydrogens is 314 g/mol. The maximum Gasteiger partial charge on any atom is 0.229 e. The van der Waals surface area contributed by atoms with Crippen molar-refractivity contribution in [2.75, 3.05) is 5.32 Å². The molecule has 0 saturated carbocycles. The SMILES string of the molecule is Cc1cc(O)ccc1NC(=O)Cc1ccc(Br)s1. The second-order valence-corrected chi connectivity index (χ2v) is 6.48. The van der Waals surface area contributed by atoms with E-state index in [0.717, 1.165) is 19.9 Å². The monoisotopic (exact) mass is 325 g/mol. The standard InChI is InChI=1S/C13H12BrNO2S/c1-8-6-9(16)2-4-11(8)15-13(17)7-10-3-5-12(14)18-10/h2-6,16H,7H2,1H3,(H,15,17). The number of phenols is 1. The molecule has 0 aliphatic heterocycles. The third-order valence-electron chi connectivity index (χ3n) is 2.45. The fourth-order valence-electron chi connectivity index (χ4n) is 1.59. The summed E-state index contributed by atoms with van der Waals surface area (Å²) in [5.74, 6) is 0.144. The van der Waals surface area contributed by atoms with Gasteiger partial charge in [-0.15, -0.1) is 11.3 Å². The fraction of sp³-hybridized carbons (Fsp3) is 0.154. The average Bonchev–Trinajstić information content (AvgIpc) is 2.68. The predicted molar refractivity (Wildman–Crippen MR) is 77.2 cm³/mol. The summed E-state index contributed by atoms with van der Waals surface area (Å²) in [6, 6.07) is 8.74. The van der Waals surface area contributed by atoms with Crippen LogP contribution in [0.5, 0.6) is 5.75 Å². The Labute approximate surface area is 118 Å². The van der Waals surface area contributed by atoms with Gasteiger partial charge in [0.15, 0.2) is 0 Å². The Morgan fingerprint density at radius 3 is 2.78 bits per heavy atom. The van der Waals surface area contributed by atoms with E-state index >= 15 is 0 Å². The van der Waals surface area contributed by atoms with Gasteiger partial charge in [-0.3, -0.25) is 4.79 Å². The molecule has 1 heterocycles. The molecule has 0 unspecified atom stereocenters. The molecule has 2 aromatic rings. The van der Waals surface area contributed by atoms with Gasteiger partial charge in [0.1, 0.15) is 5.75 Å². The zero-order valence-electron chi connectivity index (χ0n) is 9.74. The zero-order chi connectivity index (χ0) is 13.1. The van der Waals surface area contributed by atoms with E-state index in [2.05, 4.69) is 21.2 Å². The number of nitrogens with one attached hydrogen (secondary N) is 1. The molecule has 1 aromatic heterocycles. The maximum atomic E-state index is 11.8. The summed E-state index contributed by atoms with van der Waals surface area (Å²) in [7, 11) is 0. The first-order chi connectivity index (χ1) is 8.54. The van der Waals surface area contributed by atoms with E-state index in [1.807, 2.05) is 19.1 Å². The number of thiophene rings is 1. The molecule has 0 atom stereocenters. The summed E-state index contributed by atoms with van der Waals surface area (Å²) in [6.07, 6.45) is 0.358. The maximum absolute atomic E-state index is 11.8. The highest BCUT2D eigenvalue weighted by atomic mass is 79.9. The predicted octanol–water partition coefficient (Wildman–Crippen LogP) is 3.71. The van der Waals surface area contributed by atoms with Crippen LogP contribution in [-0.2, 0) is 11.2 Å². The van der Waals surface area contributed by atoms with E-state index in [1.54, 1.807) is 29.5 Å². The number of anilines is 1. The van der Waals surface area contributed by atoms with Gasteiger partial charge in [0.2, 0.25) is 5.91 Å². The highest BCUT2D eigenvalue weighted by Crippen LogP contribution is 2.24. The van der Waals surface area contributed by atoms with Gasteiger partial charge >= 0.3 is 0 Å². The fourth-order valence-corrected chi connectivity index (χ4v) is 3.07. The van der Waals surface area contributed by atoms with Crippen molar-refractivity contribution < 1.29 is 9.90 Å². The van der Waals surface area contributed by atoms with Crippen LogP contribution in [0.2, 0.25) is 0 Å². The molecule has 1 aromatic carbocycles. The number of phenolic OH excluding ortho intramolecular Hbond substituents is 1. The van der Waals surface area contributed by atoms with Crippen molar-refractivity contribution in [3.8, 4) is 5.75 Å². The van der Waals surface area contributed by atoms with Crippen LogP contribution in [0.25, 0.3) is 0 Å². The Balaban J connectivity index is 2.03. The number of halogens is 1. The minimum absolute atomic E-state index is 0.0573. The molecular formula is C13H12BrNO2S. The Morgan fingerprint density at radius 2 is 2.17 bits per heavy atom. The summed E-state index contributed by atoms with van der Waals surface area (Å²) in [5, 5.41) is 12.1. The molecule has 18 heavy (non-hydrogen) atoms. The van der Waals surface area contributed by atoms with Crippen molar-refractivity contribution >= 4 is 38.9 Å². The van der Waals surface area contributed by atoms with Gasteiger partial charge < -0.3 is 10.4 Å². The number of hydrogen-bond donors (Lipinski definition) is 2. The van der Waals surface area contributed by atoms with Crippen molar-refractivity contribution in [2.24, 2.45) is 0 Å². The van der Waals surface area contributed by atoms with E-state index in [0.29, 0.717) is 6.42 Å². The van der Waals surface area contributed by atoms with Crippen LogP contribution in [0, 0.1) is 6.92 Å². The highest BCUT2D eigenvalue weighted by Gasteiger charge is 2.08. The van der Waals surface area contributed by atoms with Gasteiger partial charge in [0, 0.05) is 10.6 Å². The molecule has 0 radical (unpaired) electrons. The van der Waals surface area contributed by atoms with Crippen LogP contribution in [0.3, 0.4) is 0 Å². The molecule has 0 spiro atoms. The molecule has 0 fully saturated rings. The Morgan fingerprint density at radius 1 is 1.39 bits per heavy atom. The number of rotatable bonds is 3. The normalized spacial score (nSPS) is 10.3. The Kier molecular flexibility index (Phi) is 4.04. The molecule has 5 heteroatoms. The summed E-state index contributed by atoms with van der Waals surface area (Å²) < 4.78 is 1.02. The number of amides is 1. The van der Waals surface area contributed by atoms with E-state index < -0.39 is 0 Å². The Hall–Kier alpha value is -1.33. The van der Waals surface area contributed by atoms with E-state index in [4.69, 9.17) is 0 Å².